The van der Waals surface area contributed by atoms with Crippen LogP contribution < -0.4 is 5.32 Å². The molecule has 1 amide bonds. The van der Waals surface area contributed by atoms with Gasteiger partial charge >= 0.3 is 6.18 Å². The van der Waals surface area contributed by atoms with Gasteiger partial charge in [0.25, 0.3) is 5.91 Å². The normalized spacial score (nSPS) is 11.8. The Hall–Kier alpha value is -2.49. The average Bonchev–Trinajstić information content (AvgIpc) is 2.55. The van der Waals surface area contributed by atoms with Gasteiger partial charge in [0.15, 0.2) is 0 Å². The summed E-state index contributed by atoms with van der Waals surface area (Å²) in [5, 5.41) is 11.6. The van der Waals surface area contributed by atoms with Crippen molar-refractivity contribution in [1.82, 2.24) is 0 Å². The zero-order valence-corrected chi connectivity index (χ0v) is 13.9. The zero-order valence-electron chi connectivity index (χ0n) is 12.4. The predicted molar refractivity (Wildman–Crippen MR) is 90.1 cm³/mol. The summed E-state index contributed by atoms with van der Waals surface area (Å²) in [5.74, 6) is -0.991. The average molecular weight is 385 g/mol. The van der Waals surface area contributed by atoms with E-state index < -0.39 is 28.9 Å². The van der Waals surface area contributed by atoms with Gasteiger partial charge in [-0.3, -0.25) is 4.79 Å². The number of amides is 1. The van der Waals surface area contributed by atoms with Crippen LogP contribution in [0.3, 0.4) is 0 Å². The number of nitrogens with one attached hydrogen (secondary N) is 1. The van der Waals surface area contributed by atoms with E-state index in [-0.39, 0.29) is 10.0 Å². The first kappa shape index (κ1) is 18.8. The second-order valence-electron chi connectivity index (χ2n) is 4.81. The highest BCUT2D eigenvalue weighted by atomic mass is 35.5. The third kappa shape index (κ3) is 4.53. The smallest absolute Gasteiger partial charge is 0.321 e. The number of benzene rings is 2. The molecule has 0 bridgehead atoms. The SMILES string of the molecule is N#C/C(=C/c1cccc(Cl)c1Cl)C(=O)Nc1ccccc1C(F)(F)F. The number of anilines is 1. The summed E-state index contributed by atoms with van der Waals surface area (Å²) in [6.07, 6.45) is -3.49. The van der Waals surface area contributed by atoms with E-state index >= 15 is 0 Å². The van der Waals surface area contributed by atoms with Gasteiger partial charge in [-0.25, -0.2) is 0 Å². The minimum atomic E-state index is -4.64. The molecule has 0 heterocycles. The summed E-state index contributed by atoms with van der Waals surface area (Å²) < 4.78 is 38.9. The topological polar surface area (TPSA) is 52.9 Å². The summed E-state index contributed by atoms with van der Waals surface area (Å²) in [6.45, 7) is 0. The Morgan fingerprint density at radius 3 is 2.44 bits per heavy atom. The molecular formula is C17H9Cl2F3N2O. The molecule has 0 saturated carbocycles. The first-order valence-corrected chi connectivity index (χ1v) is 7.53. The van der Waals surface area contributed by atoms with E-state index in [1.54, 1.807) is 12.1 Å². The number of halogens is 5. The zero-order chi connectivity index (χ0) is 18.6. The van der Waals surface area contributed by atoms with E-state index in [9.17, 15) is 18.0 Å². The van der Waals surface area contributed by atoms with Crippen LogP contribution in [-0.2, 0) is 11.0 Å². The largest absolute Gasteiger partial charge is 0.418 e. The van der Waals surface area contributed by atoms with E-state index in [1.165, 1.54) is 24.3 Å². The van der Waals surface area contributed by atoms with Crippen LogP contribution in [0.5, 0.6) is 0 Å². The number of rotatable bonds is 3. The Labute approximate surface area is 151 Å². The van der Waals surface area contributed by atoms with Crippen molar-refractivity contribution in [2.24, 2.45) is 0 Å². The lowest BCUT2D eigenvalue weighted by molar-refractivity contribution is -0.136. The highest BCUT2D eigenvalue weighted by molar-refractivity contribution is 6.43. The quantitative estimate of drug-likeness (QED) is 0.556. The van der Waals surface area contributed by atoms with Gasteiger partial charge in [0.1, 0.15) is 11.6 Å². The summed E-state index contributed by atoms with van der Waals surface area (Å²) >= 11 is 11.8. The number of alkyl halides is 3. The number of para-hydroxylation sites is 1. The first-order chi connectivity index (χ1) is 11.7. The Morgan fingerprint density at radius 2 is 1.80 bits per heavy atom. The molecule has 0 saturated heterocycles. The van der Waals surface area contributed by atoms with Crippen LogP contribution in [0.1, 0.15) is 11.1 Å². The maximum atomic E-state index is 13.0. The van der Waals surface area contributed by atoms with Crippen molar-refractivity contribution in [2.75, 3.05) is 5.32 Å². The molecule has 0 radical (unpaired) electrons. The van der Waals surface area contributed by atoms with Crippen molar-refractivity contribution in [3.8, 4) is 6.07 Å². The van der Waals surface area contributed by atoms with E-state index in [0.717, 1.165) is 18.2 Å². The Balaban J connectivity index is 2.36. The molecule has 0 fully saturated rings. The van der Waals surface area contributed by atoms with Crippen molar-refractivity contribution < 1.29 is 18.0 Å². The molecule has 2 aromatic carbocycles. The Morgan fingerprint density at radius 1 is 1.12 bits per heavy atom. The van der Waals surface area contributed by atoms with Crippen LogP contribution >= 0.6 is 23.2 Å². The van der Waals surface area contributed by atoms with Crippen molar-refractivity contribution in [2.45, 2.75) is 6.18 Å². The molecular weight excluding hydrogens is 376 g/mol. The monoisotopic (exact) mass is 384 g/mol. The molecule has 0 spiro atoms. The van der Waals surface area contributed by atoms with Crippen LogP contribution in [0.15, 0.2) is 48.0 Å². The lowest BCUT2D eigenvalue weighted by Gasteiger charge is -2.13. The van der Waals surface area contributed by atoms with Gasteiger partial charge < -0.3 is 5.32 Å². The molecule has 2 aromatic rings. The van der Waals surface area contributed by atoms with Crippen LogP contribution in [0, 0.1) is 11.3 Å². The van der Waals surface area contributed by atoms with E-state index in [2.05, 4.69) is 5.32 Å². The minimum absolute atomic E-state index is 0.125. The maximum Gasteiger partial charge on any atom is 0.418 e. The van der Waals surface area contributed by atoms with Gasteiger partial charge in [0.2, 0.25) is 0 Å². The summed E-state index contributed by atoms with van der Waals surface area (Å²) in [4.78, 5) is 12.2. The number of hydrogen-bond donors (Lipinski definition) is 1. The highest BCUT2D eigenvalue weighted by Gasteiger charge is 2.33. The molecule has 1 N–H and O–H groups in total. The van der Waals surface area contributed by atoms with Crippen LogP contribution in [-0.4, -0.2) is 5.91 Å². The summed E-state index contributed by atoms with van der Waals surface area (Å²) in [7, 11) is 0. The van der Waals surface area contributed by atoms with Crippen LogP contribution in [0.25, 0.3) is 6.08 Å². The number of carbonyl (C=O) groups excluding carboxylic acids is 1. The Bertz CT molecular complexity index is 886. The van der Waals surface area contributed by atoms with Crippen molar-refractivity contribution in [3.63, 3.8) is 0 Å². The fourth-order valence-corrected chi connectivity index (χ4v) is 2.33. The standard InChI is InChI=1S/C17H9Cl2F3N2O/c18-13-6-3-4-10(15(13)19)8-11(9-23)16(25)24-14-7-2-1-5-12(14)17(20,21)22/h1-8H,(H,24,25)/b11-8-. The van der Waals surface area contributed by atoms with Crippen molar-refractivity contribution >= 4 is 40.9 Å². The summed E-state index contributed by atoms with van der Waals surface area (Å²) in [6, 6.07) is 10.7. The fourth-order valence-electron chi connectivity index (χ4n) is 1.97. The third-order valence-corrected chi connectivity index (χ3v) is 3.96. The number of nitrogens with zero attached hydrogens (tertiary/aromatic N) is 1. The maximum absolute atomic E-state index is 13.0. The molecule has 128 valence electrons. The predicted octanol–water partition coefficient (Wildman–Crippen LogP) is 5.56. The first-order valence-electron chi connectivity index (χ1n) is 6.77. The van der Waals surface area contributed by atoms with Gasteiger partial charge in [-0.2, -0.15) is 18.4 Å². The molecule has 0 aliphatic carbocycles. The minimum Gasteiger partial charge on any atom is -0.321 e. The second-order valence-corrected chi connectivity index (χ2v) is 5.60. The second kappa shape index (κ2) is 7.60. The number of hydrogen-bond acceptors (Lipinski definition) is 2. The third-order valence-electron chi connectivity index (χ3n) is 3.13. The number of carbonyl (C=O) groups is 1. The molecule has 0 aliphatic rings. The van der Waals surface area contributed by atoms with Crippen LogP contribution in [0.2, 0.25) is 10.0 Å². The van der Waals surface area contributed by atoms with E-state index in [1.807, 2.05) is 0 Å². The van der Waals surface area contributed by atoms with Crippen LogP contribution in [0.4, 0.5) is 18.9 Å². The molecule has 0 aliphatic heterocycles. The molecule has 25 heavy (non-hydrogen) atoms. The van der Waals surface area contributed by atoms with Crippen molar-refractivity contribution in [3.05, 3.63) is 69.2 Å². The van der Waals surface area contributed by atoms with Gasteiger partial charge in [0, 0.05) is 0 Å². The van der Waals surface area contributed by atoms with Gasteiger partial charge in [-0.1, -0.05) is 47.5 Å². The Kier molecular flexibility index (Phi) is 5.73. The summed E-state index contributed by atoms with van der Waals surface area (Å²) in [5.41, 5.74) is -1.58. The molecule has 2 rings (SSSR count). The van der Waals surface area contributed by atoms with Gasteiger partial charge in [-0.15, -0.1) is 0 Å². The molecule has 0 atom stereocenters. The lowest BCUT2D eigenvalue weighted by Crippen LogP contribution is -2.17. The fraction of sp³-hybridized carbons (Fsp3) is 0.0588. The number of nitriles is 1. The molecule has 3 nitrogen and oxygen atoms in total. The molecule has 0 aromatic heterocycles. The van der Waals surface area contributed by atoms with Crippen molar-refractivity contribution in [1.29, 1.82) is 5.26 Å². The van der Waals surface area contributed by atoms with Gasteiger partial charge in [0.05, 0.1) is 21.3 Å². The van der Waals surface area contributed by atoms with E-state index in [4.69, 9.17) is 28.5 Å². The molecule has 0 unspecified atom stereocenters. The van der Waals surface area contributed by atoms with Gasteiger partial charge in [-0.05, 0) is 29.8 Å². The molecule has 8 heteroatoms. The lowest BCUT2D eigenvalue weighted by atomic mass is 10.1. The highest BCUT2D eigenvalue weighted by Crippen LogP contribution is 2.34. The van der Waals surface area contributed by atoms with E-state index in [0.29, 0.717) is 5.56 Å².